The number of carboxylic acids is 1. The van der Waals surface area contributed by atoms with Crippen molar-refractivity contribution in [2.75, 3.05) is 13.2 Å². The van der Waals surface area contributed by atoms with E-state index < -0.39 is 5.97 Å². The first-order chi connectivity index (χ1) is 22.2. The molecule has 0 unspecified atom stereocenters. The van der Waals surface area contributed by atoms with Gasteiger partial charge in [-0.1, -0.05) is 226 Å². The molecule has 0 aliphatic rings. The minimum Gasteiger partial charge on any atom is -0.481 e. The number of rotatable bonds is 38. The SMILES string of the molecule is CCCCCCCCCCCCCC(=O)O.CCCCCCCCCCCCCCOCCCCCCCCCCCCCC. The molecule has 0 saturated carbocycles. The number of ether oxygens (including phenoxy) is 1. The molecule has 1 N–H and O–H groups in total. The lowest BCUT2D eigenvalue weighted by Crippen LogP contribution is -1.97. The van der Waals surface area contributed by atoms with Crippen LogP contribution in [-0.2, 0) is 9.53 Å². The molecule has 0 aromatic carbocycles. The van der Waals surface area contributed by atoms with Crippen molar-refractivity contribution in [3.8, 4) is 0 Å². The van der Waals surface area contributed by atoms with Crippen molar-refractivity contribution in [2.24, 2.45) is 0 Å². The van der Waals surface area contributed by atoms with Gasteiger partial charge in [0.15, 0.2) is 0 Å². The fourth-order valence-electron chi connectivity index (χ4n) is 6.13. The molecule has 0 aromatic heterocycles. The first-order valence-corrected chi connectivity index (χ1v) is 21.0. The summed E-state index contributed by atoms with van der Waals surface area (Å²) in [5, 5.41) is 8.46. The number of carbonyl (C=O) groups is 1. The number of hydrogen-bond donors (Lipinski definition) is 1. The lowest BCUT2D eigenvalue weighted by Gasteiger charge is -2.05. The zero-order valence-corrected chi connectivity index (χ0v) is 31.6. The summed E-state index contributed by atoms with van der Waals surface area (Å²) in [7, 11) is 0. The molecule has 0 heterocycles. The quantitative estimate of drug-likeness (QED) is 0.0684. The van der Waals surface area contributed by atoms with E-state index in [1.165, 1.54) is 212 Å². The van der Waals surface area contributed by atoms with E-state index in [1.54, 1.807) is 0 Å². The molecule has 0 fully saturated rings. The van der Waals surface area contributed by atoms with Gasteiger partial charge in [0, 0.05) is 19.6 Å². The second kappa shape index (κ2) is 45.6. The second-order valence-corrected chi connectivity index (χ2v) is 14.1. The summed E-state index contributed by atoms with van der Waals surface area (Å²) in [6.45, 7) is 8.83. The van der Waals surface area contributed by atoms with Gasteiger partial charge in [0.2, 0.25) is 0 Å². The van der Waals surface area contributed by atoms with E-state index in [2.05, 4.69) is 20.8 Å². The van der Waals surface area contributed by atoms with Gasteiger partial charge in [0.25, 0.3) is 0 Å². The van der Waals surface area contributed by atoms with Crippen LogP contribution in [0.5, 0.6) is 0 Å². The van der Waals surface area contributed by atoms with Gasteiger partial charge in [0.05, 0.1) is 0 Å². The van der Waals surface area contributed by atoms with Crippen LogP contribution in [0.1, 0.15) is 252 Å². The predicted molar refractivity (Wildman–Crippen MR) is 202 cm³/mol. The van der Waals surface area contributed by atoms with Gasteiger partial charge in [-0.25, -0.2) is 0 Å². The van der Waals surface area contributed by atoms with E-state index >= 15 is 0 Å². The Morgan fingerprint density at radius 3 is 0.756 bits per heavy atom. The molecule has 45 heavy (non-hydrogen) atoms. The summed E-state index contributed by atoms with van der Waals surface area (Å²) in [6, 6.07) is 0. The molecule has 0 aliphatic carbocycles. The Labute approximate surface area is 285 Å². The van der Waals surface area contributed by atoms with Crippen molar-refractivity contribution in [2.45, 2.75) is 252 Å². The molecule has 0 radical (unpaired) electrons. The highest BCUT2D eigenvalue weighted by molar-refractivity contribution is 5.66. The van der Waals surface area contributed by atoms with E-state index in [9.17, 15) is 4.79 Å². The molecule has 0 aliphatic heterocycles. The number of unbranched alkanes of at least 4 members (excludes halogenated alkanes) is 32. The Hall–Kier alpha value is -0.570. The molecule has 0 aromatic rings. The summed E-state index contributed by atoms with van der Waals surface area (Å²) in [5.41, 5.74) is 0. The molecular weight excluding hydrogens is 552 g/mol. The molecular formula is C42H86O3. The van der Waals surface area contributed by atoms with Crippen LogP contribution in [0, 0.1) is 0 Å². The molecule has 0 spiro atoms. The van der Waals surface area contributed by atoms with Gasteiger partial charge in [0.1, 0.15) is 0 Å². The van der Waals surface area contributed by atoms with Crippen molar-refractivity contribution in [3.63, 3.8) is 0 Å². The average molecular weight is 639 g/mol. The van der Waals surface area contributed by atoms with Crippen LogP contribution in [0.15, 0.2) is 0 Å². The van der Waals surface area contributed by atoms with Crippen LogP contribution < -0.4 is 0 Å². The third kappa shape index (κ3) is 50.5. The van der Waals surface area contributed by atoms with Crippen molar-refractivity contribution in [3.05, 3.63) is 0 Å². The van der Waals surface area contributed by atoms with E-state index in [1.807, 2.05) is 0 Å². The van der Waals surface area contributed by atoms with E-state index in [-0.39, 0.29) is 0 Å². The summed E-state index contributed by atoms with van der Waals surface area (Å²) in [6.07, 6.45) is 48.5. The smallest absolute Gasteiger partial charge is 0.303 e. The average Bonchev–Trinajstić information content (AvgIpc) is 3.04. The maximum Gasteiger partial charge on any atom is 0.303 e. The van der Waals surface area contributed by atoms with Crippen LogP contribution >= 0.6 is 0 Å². The molecule has 0 amide bonds. The molecule has 0 bridgehead atoms. The molecule has 272 valence electrons. The van der Waals surface area contributed by atoms with Crippen molar-refractivity contribution in [1.29, 1.82) is 0 Å². The van der Waals surface area contributed by atoms with Gasteiger partial charge in [-0.3, -0.25) is 4.79 Å². The summed E-state index contributed by atoms with van der Waals surface area (Å²) in [5.74, 6) is -0.657. The topological polar surface area (TPSA) is 46.5 Å². The second-order valence-electron chi connectivity index (χ2n) is 14.1. The molecule has 0 atom stereocenters. The third-order valence-corrected chi connectivity index (χ3v) is 9.28. The maximum absolute atomic E-state index is 10.3. The normalized spacial score (nSPS) is 11.1. The summed E-state index contributed by atoms with van der Waals surface area (Å²) in [4.78, 5) is 10.3. The first-order valence-electron chi connectivity index (χ1n) is 21.0. The van der Waals surface area contributed by atoms with Gasteiger partial charge >= 0.3 is 5.97 Å². The van der Waals surface area contributed by atoms with Crippen LogP contribution in [0.4, 0.5) is 0 Å². The predicted octanol–water partition coefficient (Wildman–Crippen LogP) is 15.2. The van der Waals surface area contributed by atoms with E-state index in [0.29, 0.717) is 6.42 Å². The highest BCUT2D eigenvalue weighted by Gasteiger charge is 1.98. The Bertz CT molecular complexity index is 480. The zero-order chi connectivity index (χ0) is 33.2. The minimum absolute atomic E-state index is 0.344. The number of carboxylic acid groups (broad SMARTS) is 1. The van der Waals surface area contributed by atoms with Crippen LogP contribution in [0.3, 0.4) is 0 Å². The lowest BCUT2D eigenvalue weighted by molar-refractivity contribution is -0.137. The monoisotopic (exact) mass is 639 g/mol. The number of aliphatic carboxylic acids is 1. The van der Waals surface area contributed by atoms with Gasteiger partial charge in [-0.05, 0) is 19.3 Å². The summed E-state index contributed by atoms with van der Waals surface area (Å²) >= 11 is 0. The largest absolute Gasteiger partial charge is 0.481 e. The third-order valence-electron chi connectivity index (χ3n) is 9.28. The van der Waals surface area contributed by atoms with Crippen molar-refractivity contribution < 1.29 is 14.6 Å². The van der Waals surface area contributed by atoms with Crippen LogP contribution in [-0.4, -0.2) is 24.3 Å². The molecule has 0 saturated heterocycles. The van der Waals surface area contributed by atoms with Crippen LogP contribution in [0.2, 0.25) is 0 Å². The highest BCUT2D eigenvalue weighted by Crippen LogP contribution is 2.14. The van der Waals surface area contributed by atoms with Crippen molar-refractivity contribution >= 4 is 5.97 Å². The zero-order valence-electron chi connectivity index (χ0n) is 31.6. The Morgan fingerprint density at radius 1 is 0.333 bits per heavy atom. The van der Waals surface area contributed by atoms with Gasteiger partial charge < -0.3 is 9.84 Å². The molecule has 0 rings (SSSR count). The minimum atomic E-state index is -0.657. The fourth-order valence-corrected chi connectivity index (χ4v) is 6.13. The first kappa shape index (κ1) is 46.5. The Morgan fingerprint density at radius 2 is 0.533 bits per heavy atom. The summed E-state index contributed by atoms with van der Waals surface area (Å²) < 4.78 is 5.82. The maximum atomic E-state index is 10.3. The van der Waals surface area contributed by atoms with Gasteiger partial charge in [-0.15, -0.1) is 0 Å². The van der Waals surface area contributed by atoms with Crippen molar-refractivity contribution in [1.82, 2.24) is 0 Å². The Kier molecular flexibility index (Phi) is 47.1. The Balaban J connectivity index is 0. The standard InChI is InChI=1S/C28H58O.C14H28O2/c1-3-5-7-9-11-13-15-17-19-21-23-25-27-29-28-26-24-22-20-18-16-14-12-10-8-6-4-2;1-2-3-4-5-6-7-8-9-10-11-12-13-14(15)16/h3-28H2,1-2H3;2-13H2,1H3,(H,15,16). The van der Waals surface area contributed by atoms with E-state index in [0.717, 1.165) is 26.1 Å². The van der Waals surface area contributed by atoms with E-state index in [4.69, 9.17) is 9.84 Å². The van der Waals surface area contributed by atoms with Gasteiger partial charge in [-0.2, -0.15) is 0 Å². The van der Waals surface area contributed by atoms with Crippen LogP contribution in [0.25, 0.3) is 0 Å². The lowest BCUT2D eigenvalue weighted by atomic mass is 10.1. The molecule has 3 nitrogen and oxygen atoms in total. The molecule has 3 heteroatoms. The fraction of sp³-hybridized carbons (Fsp3) is 0.976. The number of hydrogen-bond acceptors (Lipinski definition) is 2. The highest BCUT2D eigenvalue weighted by atomic mass is 16.5.